The Morgan fingerprint density at radius 1 is 0.435 bits per heavy atom. The molecule has 0 amide bonds. The van der Waals surface area contributed by atoms with Crippen LogP contribution in [0.5, 0.6) is 17.2 Å². The summed E-state index contributed by atoms with van der Waals surface area (Å²) in [5.74, 6) is 2.21. The van der Waals surface area contributed by atoms with Crippen molar-refractivity contribution in [1.82, 2.24) is 4.98 Å². The minimum Gasteiger partial charge on any atom is -0.508 e. The molecule has 578 valence electrons. The van der Waals surface area contributed by atoms with E-state index in [1.54, 1.807) is 68.8 Å². The Balaban J connectivity index is 0.000000595. The van der Waals surface area contributed by atoms with Crippen LogP contribution in [0.1, 0.15) is 160 Å². The van der Waals surface area contributed by atoms with Gasteiger partial charge in [0.15, 0.2) is 9.84 Å². The van der Waals surface area contributed by atoms with Gasteiger partial charge in [-0.1, -0.05) is 252 Å². The van der Waals surface area contributed by atoms with Crippen molar-refractivity contribution in [3.63, 3.8) is 0 Å². The standard InChI is InChI=1S/C10H14.C9H9N.C9H12O2S.C9H12OS.2C9H12O.C9H12S.C9H12.C8H10O.C8H10.C7H8ClN/c1-4-10-8(2)6-5-7-9(10)3;1-2-8-4-3-5-9(6-8)7-10;1-3-8-4-6-9(7-5-8)12(2,10)11;1-3-8-4-6-9(7-5-8)11(2)10;1-3-8-4-6-9(10-2)7-5-8;1-3-8-5-4-6-9(7-8)10-2;1-3-8-4-6-9(10-2)7-5-8;1-3-9-7-5-4-6-8(9)2;1-2-7-3-5-8(9)6-4-7;1-2-8-6-4-3-5-7-8;1-2-6-3-4-7(8)9-5-6/h5-7H,4H2,1-3H3;3-6H,2H2,1H3;4-7H,3H2,1-2H3;4-7H,3H2,1-2H3;3*4-7H,3H2,1-2H3;4-7H,3H2,1-2H3;3-6,9H,2H2,1H3;3-7H,2H2,1H3;3-5H,2H2,1H3. The minimum atomic E-state index is -3.03. The minimum absolute atomic E-state index is 0.340. The lowest BCUT2D eigenvalue weighted by molar-refractivity contribution is 0.414. The first-order valence-corrected chi connectivity index (χ1v) is 42.6. The lowest BCUT2D eigenvalue weighted by atomic mass is 10.0. The molecule has 1 N–H and O–H groups in total. The molecule has 0 saturated carbocycles. The number of benzene rings is 10. The van der Waals surface area contributed by atoms with Crippen LogP contribution in [-0.4, -0.2) is 55.7 Å². The van der Waals surface area contributed by atoms with Gasteiger partial charge in [-0.15, -0.1) is 11.8 Å². The highest BCUT2D eigenvalue weighted by atomic mass is 35.5. The number of rotatable bonds is 16. The number of hydrogen-bond acceptors (Lipinski definition) is 9. The van der Waals surface area contributed by atoms with Gasteiger partial charge in [0, 0.05) is 39.3 Å². The predicted molar refractivity (Wildman–Crippen MR) is 468 cm³/mol. The fourth-order valence-corrected chi connectivity index (χ4v) is 11.5. The molecule has 0 bridgehead atoms. The van der Waals surface area contributed by atoms with Gasteiger partial charge in [0.2, 0.25) is 0 Å². The van der Waals surface area contributed by atoms with Gasteiger partial charge in [-0.25, -0.2) is 13.4 Å². The number of halogens is 1. The summed E-state index contributed by atoms with van der Waals surface area (Å²) in [4.78, 5) is 6.55. The van der Waals surface area contributed by atoms with E-state index in [0.29, 0.717) is 15.8 Å². The highest BCUT2D eigenvalue weighted by Gasteiger charge is 2.05. The predicted octanol–water partition coefficient (Wildman–Crippen LogP) is 25.2. The van der Waals surface area contributed by atoms with E-state index >= 15 is 0 Å². The topological polar surface area (TPSA) is 127 Å². The zero-order valence-electron chi connectivity index (χ0n) is 68.1. The quantitative estimate of drug-likeness (QED) is 0.0743. The summed E-state index contributed by atoms with van der Waals surface area (Å²) in [5, 5.41) is 17.9. The van der Waals surface area contributed by atoms with E-state index in [1.807, 2.05) is 116 Å². The summed E-state index contributed by atoms with van der Waals surface area (Å²) < 4.78 is 43.1. The number of ether oxygens (including phenoxy) is 2. The number of phenolic OH excluding ortho intramolecular Hbond substituents is 1. The monoisotopic (exact) mass is 1530 g/mol. The number of thioether (sulfide) groups is 1. The molecule has 1 heterocycles. The number of aryl methyl sites for hydroxylation is 13. The van der Waals surface area contributed by atoms with Crippen molar-refractivity contribution in [1.29, 1.82) is 5.26 Å². The Hall–Kier alpha value is -9.02. The highest BCUT2D eigenvalue weighted by Crippen LogP contribution is 2.18. The third kappa shape index (κ3) is 43.1. The number of hydrogen-bond donors (Lipinski definition) is 1. The summed E-state index contributed by atoms with van der Waals surface area (Å²) in [6, 6.07) is 86.1. The van der Waals surface area contributed by atoms with Crippen molar-refractivity contribution in [3.05, 3.63) is 350 Å². The molecule has 0 aliphatic rings. The second kappa shape index (κ2) is 59.0. The highest BCUT2D eigenvalue weighted by molar-refractivity contribution is 7.98. The van der Waals surface area contributed by atoms with Crippen LogP contribution in [0.3, 0.4) is 0 Å². The molecular weight excluding hydrogens is 1410 g/mol. The van der Waals surface area contributed by atoms with Crippen molar-refractivity contribution in [2.45, 2.75) is 182 Å². The van der Waals surface area contributed by atoms with Gasteiger partial charge < -0.3 is 14.6 Å². The van der Waals surface area contributed by atoms with Crippen molar-refractivity contribution in [2.24, 2.45) is 0 Å². The molecule has 0 aliphatic carbocycles. The molecule has 0 spiro atoms. The third-order valence-electron chi connectivity index (χ3n) is 17.0. The van der Waals surface area contributed by atoms with Crippen LogP contribution in [0.4, 0.5) is 0 Å². The van der Waals surface area contributed by atoms with Crippen LogP contribution >= 0.6 is 23.4 Å². The van der Waals surface area contributed by atoms with E-state index in [0.717, 1.165) is 98.2 Å². The lowest BCUT2D eigenvalue weighted by Crippen LogP contribution is -1.96. The fraction of sp³-hybridized carbons (Fsp3) is 0.312. The molecule has 10 aromatic carbocycles. The molecule has 0 aliphatic heterocycles. The van der Waals surface area contributed by atoms with Crippen LogP contribution in [0.15, 0.2) is 276 Å². The molecule has 0 fully saturated rings. The maximum atomic E-state index is 11.0. The Morgan fingerprint density at radius 3 is 1.20 bits per heavy atom. The van der Waals surface area contributed by atoms with Crippen LogP contribution in [0, 0.1) is 32.1 Å². The van der Waals surface area contributed by atoms with Crippen molar-refractivity contribution < 1.29 is 27.2 Å². The van der Waals surface area contributed by atoms with Crippen LogP contribution in [-0.2, 0) is 91.3 Å². The van der Waals surface area contributed by atoms with Gasteiger partial charge >= 0.3 is 0 Å². The molecule has 12 heteroatoms. The Kier molecular flexibility index (Phi) is 53.0. The molecule has 1 atom stereocenters. The molecular formula is C96H123ClN2O6S3. The molecule has 8 nitrogen and oxygen atoms in total. The molecule has 0 saturated heterocycles. The van der Waals surface area contributed by atoms with E-state index in [-0.39, 0.29) is 0 Å². The summed E-state index contributed by atoms with van der Waals surface area (Å²) >= 11 is 7.35. The normalized spacial score (nSPS) is 10.0. The summed E-state index contributed by atoms with van der Waals surface area (Å²) in [5.41, 5.74) is 19.6. The van der Waals surface area contributed by atoms with Gasteiger partial charge in [-0.2, -0.15) is 5.26 Å². The first kappa shape index (κ1) is 97.0. The number of aromatic nitrogens is 1. The number of nitriles is 1. The third-order valence-corrected chi connectivity index (χ3v) is 20.0. The van der Waals surface area contributed by atoms with Crippen molar-refractivity contribution in [2.75, 3.05) is 33.0 Å². The largest absolute Gasteiger partial charge is 0.508 e. The summed E-state index contributed by atoms with van der Waals surface area (Å²) in [6.45, 7) is 29.9. The maximum Gasteiger partial charge on any atom is 0.175 e. The Labute approximate surface area is 664 Å². The average Bonchev–Trinajstić information content (AvgIpc) is 0.859. The van der Waals surface area contributed by atoms with E-state index < -0.39 is 20.6 Å². The van der Waals surface area contributed by atoms with E-state index in [2.05, 4.69) is 223 Å². The summed E-state index contributed by atoms with van der Waals surface area (Å²) in [7, 11) is -0.496. The van der Waals surface area contributed by atoms with Crippen molar-refractivity contribution in [3.8, 4) is 23.3 Å². The number of phenols is 1. The van der Waals surface area contributed by atoms with Crippen molar-refractivity contribution >= 4 is 44.0 Å². The van der Waals surface area contributed by atoms with Crippen LogP contribution in [0.2, 0.25) is 5.15 Å². The maximum absolute atomic E-state index is 11.0. The Bertz CT molecular complexity index is 4120. The van der Waals surface area contributed by atoms with Crippen LogP contribution < -0.4 is 9.47 Å². The number of methoxy groups -OCH3 is 2. The first-order chi connectivity index (χ1) is 51.9. The van der Waals surface area contributed by atoms with Gasteiger partial charge in [-0.3, -0.25) is 4.21 Å². The molecule has 1 aromatic heterocycles. The summed E-state index contributed by atoms with van der Waals surface area (Å²) in [6.07, 6.45) is 18.5. The zero-order valence-corrected chi connectivity index (χ0v) is 71.3. The fourth-order valence-electron chi connectivity index (χ4n) is 9.84. The van der Waals surface area contributed by atoms with Gasteiger partial charge in [-0.05, 0) is 267 Å². The molecule has 108 heavy (non-hydrogen) atoms. The van der Waals surface area contributed by atoms with E-state index in [4.69, 9.17) is 31.4 Å². The first-order valence-electron chi connectivity index (χ1n) is 37.5. The van der Waals surface area contributed by atoms with E-state index in [9.17, 15) is 12.6 Å². The molecule has 11 rings (SSSR count). The Morgan fingerprint density at radius 2 is 0.824 bits per heavy atom. The van der Waals surface area contributed by atoms with Crippen LogP contribution in [0.25, 0.3) is 0 Å². The SMILES string of the molecule is CCc1c(C)cccc1C.CCc1ccc(Cl)nc1.CCc1ccc(O)cc1.CCc1ccc(OC)cc1.CCc1ccc(S(C)(=O)=O)cc1.CCc1ccc(S(C)=O)cc1.CCc1ccc(SC)cc1.CCc1cccc(C#N)c1.CCc1cccc(OC)c1.CCc1ccccc1.CCc1ccccc1C. The number of pyridine rings is 1. The number of aromatic hydroxyl groups is 1. The number of nitrogens with zero attached hydrogens (tertiary/aromatic N) is 2. The average molecular weight is 1530 g/mol. The molecule has 11 aromatic rings. The van der Waals surface area contributed by atoms with Gasteiger partial charge in [0.25, 0.3) is 0 Å². The lowest BCUT2D eigenvalue weighted by Gasteiger charge is -2.04. The van der Waals surface area contributed by atoms with E-state index in [1.165, 1.54) is 83.5 Å². The van der Waals surface area contributed by atoms with Gasteiger partial charge in [0.05, 0.1) is 30.7 Å². The number of sulfone groups is 1. The smallest absolute Gasteiger partial charge is 0.175 e. The molecule has 1 unspecified atom stereocenters. The second-order valence-electron chi connectivity index (χ2n) is 24.7. The second-order valence-corrected chi connectivity index (χ2v) is 29.4. The van der Waals surface area contributed by atoms with Gasteiger partial charge in [0.1, 0.15) is 22.4 Å². The zero-order chi connectivity index (χ0) is 80.5. The molecule has 0 radical (unpaired) electrons.